The van der Waals surface area contributed by atoms with Gasteiger partial charge in [-0.05, 0) is 6.42 Å². The summed E-state index contributed by atoms with van der Waals surface area (Å²) >= 11 is 0. The average molecular weight is 218 g/mol. The van der Waals surface area contributed by atoms with Gasteiger partial charge in [-0.1, -0.05) is 0 Å². The normalized spacial score (nSPS) is 27.3. The van der Waals surface area contributed by atoms with Gasteiger partial charge >= 0.3 is 5.97 Å². The van der Waals surface area contributed by atoms with Gasteiger partial charge in [0, 0.05) is 6.54 Å². The summed E-state index contributed by atoms with van der Waals surface area (Å²) in [5.74, 6) is -1.81. The summed E-state index contributed by atoms with van der Waals surface area (Å²) in [5.41, 5.74) is 0. The number of carboxylic acid groups (broad SMARTS) is 1. The van der Waals surface area contributed by atoms with Crippen molar-refractivity contribution in [2.45, 2.75) is 24.6 Å². The fraction of sp³-hybridized carbons (Fsp3) is 0.750. The zero-order valence-corrected chi connectivity index (χ0v) is 8.01. The van der Waals surface area contributed by atoms with E-state index in [0.29, 0.717) is 6.54 Å². The lowest BCUT2D eigenvalue weighted by Crippen LogP contribution is -2.49. The molecular formula is C8H14N2O5. The quantitative estimate of drug-likeness (QED) is 0.349. The predicted molar refractivity (Wildman–Crippen MR) is 49.1 cm³/mol. The van der Waals surface area contributed by atoms with Crippen LogP contribution in [-0.2, 0) is 9.59 Å². The summed E-state index contributed by atoms with van der Waals surface area (Å²) in [6.07, 6.45) is -0.331. The number of carbonyl (C=O) groups excluding carboxylic acids is 1. The van der Waals surface area contributed by atoms with Crippen molar-refractivity contribution in [3.63, 3.8) is 0 Å². The molecule has 1 fully saturated rings. The first kappa shape index (κ1) is 11.9. The van der Waals surface area contributed by atoms with Crippen LogP contribution < -0.4 is 10.6 Å². The monoisotopic (exact) mass is 218 g/mol. The van der Waals surface area contributed by atoms with Gasteiger partial charge in [0.25, 0.3) is 0 Å². The molecule has 86 valence electrons. The first-order chi connectivity index (χ1) is 7.04. The number of aliphatic hydroxyl groups is 2. The standard InChI is InChI=1S/C8H14N2O5/c11-3-6(8(14)15)10-7(13)5-1-4(12)2-9-5/h4-6,9,11-12H,1-3H2,(H,10,13)(H,14,15)/t4?,5-,6-/m0/s1. The third-order valence-electron chi connectivity index (χ3n) is 2.22. The molecule has 15 heavy (non-hydrogen) atoms. The molecule has 3 atom stereocenters. The van der Waals surface area contributed by atoms with E-state index in [1.807, 2.05) is 0 Å². The first-order valence-corrected chi connectivity index (χ1v) is 4.60. The summed E-state index contributed by atoms with van der Waals surface area (Å²) < 4.78 is 0. The molecular weight excluding hydrogens is 204 g/mol. The highest BCUT2D eigenvalue weighted by Gasteiger charge is 2.30. The highest BCUT2D eigenvalue weighted by Crippen LogP contribution is 2.06. The lowest BCUT2D eigenvalue weighted by molar-refractivity contribution is -0.143. The van der Waals surface area contributed by atoms with Crippen molar-refractivity contribution in [1.82, 2.24) is 10.6 Å². The van der Waals surface area contributed by atoms with Gasteiger partial charge in [0.15, 0.2) is 0 Å². The van der Waals surface area contributed by atoms with E-state index in [9.17, 15) is 9.59 Å². The van der Waals surface area contributed by atoms with E-state index < -0.39 is 36.7 Å². The van der Waals surface area contributed by atoms with Crippen LogP contribution in [0.15, 0.2) is 0 Å². The lowest BCUT2D eigenvalue weighted by Gasteiger charge is -2.15. The Kier molecular flexibility index (Phi) is 4.01. The van der Waals surface area contributed by atoms with Crippen molar-refractivity contribution in [1.29, 1.82) is 0 Å². The smallest absolute Gasteiger partial charge is 0.328 e. The second-order valence-corrected chi connectivity index (χ2v) is 3.43. The van der Waals surface area contributed by atoms with Crippen LogP contribution in [0.2, 0.25) is 0 Å². The molecule has 0 spiro atoms. The Labute approximate surface area is 86.1 Å². The number of amides is 1. The van der Waals surface area contributed by atoms with Gasteiger partial charge in [0.2, 0.25) is 5.91 Å². The van der Waals surface area contributed by atoms with Gasteiger partial charge in [-0.15, -0.1) is 0 Å². The summed E-state index contributed by atoms with van der Waals surface area (Å²) in [6, 6.07) is -1.88. The summed E-state index contributed by atoms with van der Waals surface area (Å²) in [7, 11) is 0. The molecule has 0 aromatic heterocycles. The minimum absolute atomic E-state index is 0.254. The number of rotatable bonds is 4. The molecule has 1 aliphatic heterocycles. The summed E-state index contributed by atoms with van der Waals surface area (Å²) in [5, 5.41) is 31.3. The molecule has 0 aliphatic carbocycles. The highest BCUT2D eigenvalue weighted by atomic mass is 16.4. The van der Waals surface area contributed by atoms with E-state index in [4.69, 9.17) is 15.3 Å². The Morgan fingerprint density at radius 1 is 1.53 bits per heavy atom. The molecule has 0 radical (unpaired) electrons. The number of nitrogens with one attached hydrogen (secondary N) is 2. The van der Waals surface area contributed by atoms with E-state index in [1.54, 1.807) is 0 Å². The molecule has 0 bridgehead atoms. The molecule has 1 aliphatic rings. The molecule has 1 saturated heterocycles. The van der Waals surface area contributed by atoms with Crippen molar-refractivity contribution in [3.8, 4) is 0 Å². The minimum Gasteiger partial charge on any atom is -0.480 e. The van der Waals surface area contributed by atoms with Crippen LogP contribution in [0.25, 0.3) is 0 Å². The van der Waals surface area contributed by atoms with Crippen molar-refractivity contribution in [3.05, 3.63) is 0 Å². The van der Waals surface area contributed by atoms with Gasteiger partial charge in [-0.3, -0.25) is 4.79 Å². The SMILES string of the molecule is O=C(O)[C@H](CO)NC(=O)[C@@H]1CC(O)CN1. The minimum atomic E-state index is -1.29. The van der Waals surface area contributed by atoms with Crippen LogP contribution in [-0.4, -0.2) is 58.5 Å². The van der Waals surface area contributed by atoms with E-state index in [0.717, 1.165) is 0 Å². The number of hydrogen-bond donors (Lipinski definition) is 5. The number of aliphatic hydroxyl groups excluding tert-OH is 2. The summed E-state index contributed by atoms with van der Waals surface area (Å²) in [4.78, 5) is 21.9. The topological polar surface area (TPSA) is 119 Å². The third-order valence-corrected chi connectivity index (χ3v) is 2.22. The van der Waals surface area contributed by atoms with Crippen molar-refractivity contribution in [2.75, 3.05) is 13.2 Å². The number of β-amino-alcohol motifs (C(OH)–C–C–N with tert-alkyl or cyclic N) is 1. The van der Waals surface area contributed by atoms with Crippen LogP contribution in [0.3, 0.4) is 0 Å². The van der Waals surface area contributed by atoms with E-state index in [1.165, 1.54) is 0 Å². The van der Waals surface area contributed by atoms with Gasteiger partial charge in [0.1, 0.15) is 6.04 Å². The Morgan fingerprint density at radius 3 is 2.60 bits per heavy atom. The zero-order valence-electron chi connectivity index (χ0n) is 8.01. The second-order valence-electron chi connectivity index (χ2n) is 3.43. The molecule has 1 heterocycles. The maximum Gasteiger partial charge on any atom is 0.328 e. The molecule has 1 amide bonds. The molecule has 0 aromatic carbocycles. The molecule has 7 nitrogen and oxygen atoms in total. The molecule has 0 saturated carbocycles. The Balaban J connectivity index is 2.44. The maximum absolute atomic E-state index is 11.4. The Hall–Kier alpha value is -1.18. The van der Waals surface area contributed by atoms with Crippen LogP contribution in [0.4, 0.5) is 0 Å². The highest BCUT2D eigenvalue weighted by molar-refractivity contribution is 5.87. The van der Waals surface area contributed by atoms with Crippen LogP contribution >= 0.6 is 0 Å². The largest absolute Gasteiger partial charge is 0.480 e. The van der Waals surface area contributed by atoms with Crippen LogP contribution in [0.5, 0.6) is 0 Å². The zero-order chi connectivity index (χ0) is 11.4. The van der Waals surface area contributed by atoms with E-state index in [2.05, 4.69) is 10.6 Å². The summed E-state index contributed by atoms with van der Waals surface area (Å²) in [6.45, 7) is -0.342. The predicted octanol–water partition coefficient (Wildman–Crippen LogP) is -2.73. The first-order valence-electron chi connectivity index (χ1n) is 4.60. The van der Waals surface area contributed by atoms with Crippen molar-refractivity contribution in [2.24, 2.45) is 0 Å². The van der Waals surface area contributed by atoms with Gasteiger partial charge < -0.3 is 26.0 Å². The van der Waals surface area contributed by atoms with E-state index in [-0.39, 0.29) is 6.42 Å². The van der Waals surface area contributed by atoms with Crippen molar-refractivity contribution >= 4 is 11.9 Å². The van der Waals surface area contributed by atoms with Crippen molar-refractivity contribution < 1.29 is 24.9 Å². The fourth-order valence-corrected chi connectivity index (χ4v) is 1.37. The third kappa shape index (κ3) is 3.15. The number of aliphatic carboxylic acids is 1. The average Bonchev–Trinajstić information content (AvgIpc) is 2.60. The Bertz CT molecular complexity index is 257. The maximum atomic E-state index is 11.4. The number of carbonyl (C=O) groups is 2. The molecule has 1 unspecified atom stereocenters. The Morgan fingerprint density at radius 2 is 2.20 bits per heavy atom. The van der Waals surface area contributed by atoms with Gasteiger partial charge in [-0.2, -0.15) is 0 Å². The van der Waals surface area contributed by atoms with Crippen LogP contribution in [0.1, 0.15) is 6.42 Å². The number of carboxylic acids is 1. The fourth-order valence-electron chi connectivity index (χ4n) is 1.37. The molecule has 7 heteroatoms. The van der Waals surface area contributed by atoms with Gasteiger partial charge in [0.05, 0.1) is 18.8 Å². The number of hydrogen-bond acceptors (Lipinski definition) is 5. The second kappa shape index (κ2) is 5.06. The molecule has 0 aromatic rings. The van der Waals surface area contributed by atoms with E-state index >= 15 is 0 Å². The molecule has 1 rings (SSSR count). The lowest BCUT2D eigenvalue weighted by atomic mass is 10.2. The van der Waals surface area contributed by atoms with Crippen LogP contribution in [0, 0.1) is 0 Å². The molecule has 5 N–H and O–H groups in total. The van der Waals surface area contributed by atoms with Gasteiger partial charge in [-0.25, -0.2) is 4.79 Å².